The van der Waals surface area contributed by atoms with Crippen molar-refractivity contribution >= 4 is 16.8 Å². The second-order valence-corrected chi connectivity index (χ2v) is 9.68. The molecule has 2 N–H and O–H groups in total. The normalized spacial score (nSPS) is 12.5. The van der Waals surface area contributed by atoms with Gasteiger partial charge in [-0.3, -0.25) is 4.79 Å². The van der Waals surface area contributed by atoms with Crippen LogP contribution in [0, 0.1) is 0 Å². The van der Waals surface area contributed by atoms with Crippen LogP contribution in [0.2, 0.25) is 0 Å². The van der Waals surface area contributed by atoms with Crippen LogP contribution in [0.5, 0.6) is 0 Å². The molecular weight excluding hydrogens is 497 g/mol. The molecule has 5 rings (SSSR count). The van der Waals surface area contributed by atoms with Gasteiger partial charge >= 0.3 is 6.18 Å². The summed E-state index contributed by atoms with van der Waals surface area (Å²) in [5.41, 5.74) is 3.73. The fourth-order valence-electron chi connectivity index (χ4n) is 5.23. The third-order valence-corrected chi connectivity index (χ3v) is 7.16. The molecule has 0 saturated heterocycles. The summed E-state index contributed by atoms with van der Waals surface area (Å²) < 4.78 is 40.6. The summed E-state index contributed by atoms with van der Waals surface area (Å²) >= 11 is 0. The highest BCUT2D eigenvalue weighted by Crippen LogP contribution is 2.37. The Balaban J connectivity index is 1.36. The number of H-pyrrole nitrogens is 1. The second kappa shape index (κ2) is 11.6. The number of fused-ring (bicyclic) bond motifs is 1. The third-order valence-electron chi connectivity index (χ3n) is 7.16. The Kier molecular flexibility index (Phi) is 7.82. The van der Waals surface area contributed by atoms with E-state index < -0.39 is 17.7 Å². The molecule has 5 aromatic rings. The van der Waals surface area contributed by atoms with E-state index >= 15 is 0 Å². The van der Waals surface area contributed by atoms with Crippen molar-refractivity contribution in [3.05, 3.63) is 143 Å². The van der Waals surface area contributed by atoms with Gasteiger partial charge in [-0.05, 0) is 40.8 Å². The van der Waals surface area contributed by atoms with Crippen molar-refractivity contribution in [1.29, 1.82) is 0 Å². The number of rotatable bonds is 9. The fourth-order valence-corrected chi connectivity index (χ4v) is 5.23. The molecular formula is C33H29F3N2O. The van der Waals surface area contributed by atoms with E-state index in [1.54, 1.807) is 12.3 Å². The van der Waals surface area contributed by atoms with Crippen molar-refractivity contribution in [3.8, 4) is 0 Å². The van der Waals surface area contributed by atoms with Gasteiger partial charge in [-0.15, -0.1) is 0 Å². The first-order valence-electron chi connectivity index (χ1n) is 13.0. The third kappa shape index (κ3) is 6.23. The lowest BCUT2D eigenvalue weighted by atomic mass is 9.87. The van der Waals surface area contributed by atoms with Gasteiger partial charge in [0.1, 0.15) is 0 Å². The average Bonchev–Trinajstić information content (AvgIpc) is 3.38. The minimum atomic E-state index is -4.47. The van der Waals surface area contributed by atoms with Crippen LogP contribution in [0.3, 0.4) is 0 Å². The zero-order chi connectivity index (χ0) is 27.2. The Morgan fingerprint density at radius 3 is 2.03 bits per heavy atom. The number of hydrogen-bond donors (Lipinski definition) is 2. The van der Waals surface area contributed by atoms with Crippen LogP contribution < -0.4 is 5.32 Å². The van der Waals surface area contributed by atoms with Crippen molar-refractivity contribution in [2.45, 2.75) is 30.9 Å². The summed E-state index contributed by atoms with van der Waals surface area (Å²) in [5, 5.41) is 3.93. The quantitative estimate of drug-likeness (QED) is 0.201. The van der Waals surface area contributed by atoms with Gasteiger partial charge in [-0.2, -0.15) is 13.2 Å². The molecule has 1 atom stereocenters. The predicted molar refractivity (Wildman–Crippen MR) is 149 cm³/mol. The number of hydrogen-bond acceptors (Lipinski definition) is 1. The summed E-state index contributed by atoms with van der Waals surface area (Å²) in [4.78, 5) is 16.4. The molecule has 39 heavy (non-hydrogen) atoms. The number of aromatic nitrogens is 1. The number of benzene rings is 4. The molecule has 1 amide bonds. The Bertz CT molecular complexity index is 1490. The van der Waals surface area contributed by atoms with Crippen molar-refractivity contribution in [1.82, 2.24) is 10.3 Å². The highest BCUT2D eigenvalue weighted by atomic mass is 19.4. The molecule has 0 spiro atoms. The molecule has 0 fully saturated rings. The lowest BCUT2D eigenvalue weighted by Gasteiger charge is -2.20. The van der Waals surface area contributed by atoms with Gasteiger partial charge in [0.25, 0.3) is 0 Å². The number of halogens is 3. The summed E-state index contributed by atoms with van der Waals surface area (Å²) in [7, 11) is 0. The lowest BCUT2D eigenvalue weighted by Crippen LogP contribution is -2.27. The monoisotopic (exact) mass is 526 g/mol. The SMILES string of the molecule is O=C(CC(c1cccc(C(F)(F)F)c1)c1c[nH]c2ccccc12)NCCC(c1ccccc1)c1ccccc1. The van der Waals surface area contributed by atoms with Gasteiger partial charge in [-0.25, -0.2) is 0 Å². The lowest BCUT2D eigenvalue weighted by molar-refractivity contribution is -0.137. The van der Waals surface area contributed by atoms with Crippen LogP contribution in [-0.4, -0.2) is 17.4 Å². The number of carbonyl (C=O) groups is 1. The van der Waals surface area contributed by atoms with E-state index in [4.69, 9.17) is 0 Å². The van der Waals surface area contributed by atoms with Crippen LogP contribution in [0.4, 0.5) is 13.2 Å². The van der Waals surface area contributed by atoms with E-state index in [0.717, 1.165) is 28.6 Å². The number of para-hydroxylation sites is 1. The number of nitrogens with one attached hydrogen (secondary N) is 2. The molecule has 198 valence electrons. The van der Waals surface area contributed by atoms with E-state index in [-0.39, 0.29) is 18.2 Å². The molecule has 0 saturated carbocycles. The summed E-state index contributed by atoms with van der Waals surface area (Å²) in [6.07, 6.45) is -1.94. The molecule has 0 radical (unpaired) electrons. The minimum absolute atomic E-state index is 0.0322. The first-order chi connectivity index (χ1) is 18.9. The second-order valence-electron chi connectivity index (χ2n) is 9.68. The van der Waals surface area contributed by atoms with E-state index in [1.807, 2.05) is 60.7 Å². The van der Waals surface area contributed by atoms with Gasteiger partial charge in [-0.1, -0.05) is 97.1 Å². The molecule has 1 heterocycles. The Morgan fingerprint density at radius 1 is 0.744 bits per heavy atom. The number of amides is 1. The fraction of sp³-hybridized carbons (Fsp3) is 0.182. The van der Waals surface area contributed by atoms with Crippen LogP contribution >= 0.6 is 0 Å². The molecule has 3 nitrogen and oxygen atoms in total. The van der Waals surface area contributed by atoms with Crippen molar-refractivity contribution in [2.24, 2.45) is 0 Å². The molecule has 4 aromatic carbocycles. The van der Waals surface area contributed by atoms with Gasteiger partial charge in [0.2, 0.25) is 5.91 Å². The molecule has 1 unspecified atom stereocenters. The maximum Gasteiger partial charge on any atom is 0.416 e. The maximum absolute atomic E-state index is 13.5. The Morgan fingerprint density at radius 2 is 1.36 bits per heavy atom. The van der Waals surface area contributed by atoms with Crippen molar-refractivity contribution in [3.63, 3.8) is 0 Å². The maximum atomic E-state index is 13.5. The number of alkyl halides is 3. The minimum Gasteiger partial charge on any atom is -0.361 e. The number of carbonyl (C=O) groups excluding carboxylic acids is 1. The highest BCUT2D eigenvalue weighted by Gasteiger charge is 2.32. The predicted octanol–water partition coefficient (Wildman–Crippen LogP) is 8.05. The van der Waals surface area contributed by atoms with E-state index in [1.165, 1.54) is 17.2 Å². The van der Waals surface area contributed by atoms with Gasteiger partial charge in [0.05, 0.1) is 5.56 Å². The van der Waals surface area contributed by atoms with Crippen LogP contribution in [0.1, 0.15) is 52.5 Å². The van der Waals surface area contributed by atoms with E-state index in [0.29, 0.717) is 18.5 Å². The van der Waals surface area contributed by atoms with Crippen molar-refractivity contribution < 1.29 is 18.0 Å². The average molecular weight is 527 g/mol. The first kappa shape index (κ1) is 26.3. The summed E-state index contributed by atoms with van der Waals surface area (Å²) in [6.45, 7) is 0.441. The van der Waals surface area contributed by atoms with Gasteiger partial charge in [0.15, 0.2) is 0 Å². The molecule has 0 bridgehead atoms. The van der Waals surface area contributed by atoms with E-state index in [9.17, 15) is 18.0 Å². The van der Waals surface area contributed by atoms with Gasteiger partial charge in [0, 0.05) is 41.9 Å². The van der Waals surface area contributed by atoms with Crippen LogP contribution in [0.25, 0.3) is 10.9 Å². The molecule has 1 aromatic heterocycles. The standard InChI is InChI=1S/C33H29F3N2O/c34-33(35,36)26-15-9-14-25(20-26)29(30-22-38-31-17-8-7-16-28(30)31)21-32(39)37-19-18-27(23-10-3-1-4-11-23)24-12-5-2-6-13-24/h1-17,20,22,27,29,38H,18-19,21H2,(H,37,39). The van der Waals surface area contributed by atoms with Crippen molar-refractivity contribution in [2.75, 3.05) is 6.54 Å². The largest absolute Gasteiger partial charge is 0.416 e. The molecule has 0 aliphatic heterocycles. The number of aromatic amines is 1. The highest BCUT2D eigenvalue weighted by molar-refractivity contribution is 5.86. The molecule has 0 aliphatic carbocycles. The Labute approximate surface area is 225 Å². The summed E-state index contributed by atoms with van der Waals surface area (Å²) in [6, 6.07) is 33.2. The zero-order valence-corrected chi connectivity index (χ0v) is 21.3. The zero-order valence-electron chi connectivity index (χ0n) is 21.3. The van der Waals surface area contributed by atoms with E-state index in [2.05, 4.69) is 34.6 Å². The Hall–Kier alpha value is -4.32. The smallest absolute Gasteiger partial charge is 0.361 e. The van der Waals surface area contributed by atoms with Gasteiger partial charge < -0.3 is 10.3 Å². The molecule has 0 aliphatic rings. The van der Waals surface area contributed by atoms with Crippen LogP contribution in [0.15, 0.2) is 115 Å². The van der Waals surface area contributed by atoms with Crippen LogP contribution in [-0.2, 0) is 11.0 Å². The topological polar surface area (TPSA) is 44.9 Å². The summed E-state index contributed by atoms with van der Waals surface area (Å²) in [5.74, 6) is -0.634. The first-order valence-corrected chi connectivity index (χ1v) is 13.0. The molecule has 6 heteroatoms.